The number of fused-ring (bicyclic) bond motifs is 1. The monoisotopic (exact) mass is 481 g/mol. The van der Waals surface area contributed by atoms with Gasteiger partial charge in [-0.15, -0.1) is 0 Å². The topological polar surface area (TPSA) is 117 Å². The number of carbonyl (C=O) groups is 1. The number of aromatic nitrogens is 4. The van der Waals surface area contributed by atoms with Crippen molar-refractivity contribution < 1.29 is 9.53 Å². The van der Waals surface area contributed by atoms with Crippen LogP contribution in [0.25, 0.3) is 28.6 Å². The lowest BCUT2D eigenvalue weighted by atomic mass is 10.1. The molecule has 182 valence electrons. The maximum Gasteiger partial charge on any atom is 0.258 e. The highest BCUT2D eigenvalue weighted by molar-refractivity contribution is 5.82. The summed E-state index contributed by atoms with van der Waals surface area (Å²) in [6.07, 6.45) is 7.66. The highest BCUT2D eigenvalue weighted by atomic mass is 16.5. The second-order valence-corrected chi connectivity index (χ2v) is 8.67. The van der Waals surface area contributed by atoms with E-state index in [0.29, 0.717) is 23.9 Å². The molecule has 0 saturated heterocycles. The minimum absolute atomic E-state index is 0.0546. The van der Waals surface area contributed by atoms with Crippen LogP contribution >= 0.6 is 0 Å². The second-order valence-electron chi connectivity index (χ2n) is 8.67. The highest BCUT2D eigenvalue weighted by Gasteiger charge is 2.17. The fraction of sp³-hybridized carbons (Fsp3) is 0.185. The zero-order valence-corrected chi connectivity index (χ0v) is 20.1. The Hall–Kier alpha value is -4.66. The van der Waals surface area contributed by atoms with Gasteiger partial charge in [-0.25, -0.2) is 9.97 Å². The molecule has 2 aromatic heterocycles. The molecule has 5 rings (SSSR count). The Kier molecular flexibility index (Phi) is 6.61. The maximum absolute atomic E-state index is 12.0. The molecule has 3 heterocycles. The number of nitrogens with one attached hydrogen (secondary N) is 4. The second kappa shape index (κ2) is 10.3. The van der Waals surface area contributed by atoms with E-state index in [-0.39, 0.29) is 18.6 Å². The van der Waals surface area contributed by atoms with E-state index < -0.39 is 0 Å². The Balaban J connectivity index is 1.40. The molecule has 0 unspecified atom stereocenters. The molecule has 0 aliphatic carbocycles. The van der Waals surface area contributed by atoms with E-state index in [4.69, 9.17) is 14.7 Å². The molecule has 9 heteroatoms. The number of hydrogen-bond acceptors (Lipinski definition) is 7. The normalized spacial score (nSPS) is 12.1. The molecule has 0 spiro atoms. The molecule has 0 atom stereocenters. The van der Waals surface area contributed by atoms with Gasteiger partial charge in [0.15, 0.2) is 18.2 Å². The predicted octanol–water partition coefficient (Wildman–Crippen LogP) is 4.62. The van der Waals surface area contributed by atoms with Crippen LogP contribution in [0.5, 0.6) is 5.75 Å². The van der Waals surface area contributed by atoms with Gasteiger partial charge < -0.3 is 20.7 Å². The Morgan fingerprint density at radius 3 is 2.72 bits per heavy atom. The smallest absolute Gasteiger partial charge is 0.258 e. The van der Waals surface area contributed by atoms with E-state index in [1.54, 1.807) is 6.20 Å². The van der Waals surface area contributed by atoms with Gasteiger partial charge in [0.05, 0.1) is 11.9 Å². The maximum atomic E-state index is 12.0. The minimum atomic E-state index is -0.165. The number of rotatable bonds is 8. The van der Waals surface area contributed by atoms with Gasteiger partial charge >= 0.3 is 0 Å². The van der Waals surface area contributed by atoms with Gasteiger partial charge in [-0.3, -0.25) is 9.89 Å². The number of anilines is 3. The summed E-state index contributed by atoms with van der Waals surface area (Å²) in [7, 11) is 0. The lowest BCUT2D eigenvalue weighted by Crippen LogP contribution is -2.34. The average Bonchev–Trinajstić information content (AvgIpc) is 3.43. The quantitative estimate of drug-likeness (QED) is 0.290. The van der Waals surface area contributed by atoms with Gasteiger partial charge in [-0.2, -0.15) is 5.10 Å². The van der Waals surface area contributed by atoms with Crippen molar-refractivity contribution >= 4 is 29.2 Å². The van der Waals surface area contributed by atoms with Gasteiger partial charge in [0, 0.05) is 35.6 Å². The summed E-state index contributed by atoms with van der Waals surface area (Å²) in [5.41, 5.74) is 5.43. The zero-order valence-electron chi connectivity index (χ0n) is 20.1. The van der Waals surface area contributed by atoms with Crippen LogP contribution in [0.15, 0.2) is 67.0 Å². The van der Waals surface area contributed by atoms with Crippen LogP contribution in [-0.2, 0) is 4.79 Å². The van der Waals surface area contributed by atoms with Crippen LogP contribution in [0, 0.1) is 0 Å². The first-order valence-corrected chi connectivity index (χ1v) is 11.8. The van der Waals surface area contributed by atoms with Gasteiger partial charge in [0.2, 0.25) is 0 Å². The molecule has 2 aromatic carbocycles. The van der Waals surface area contributed by atoms with Crippen molar-refractivity contribution in [2.75, 3.05) is 23.8 Å². The molecule has 9 nitrogen and oxygen atoms in total. The summed E-state index contributed by atoms with van der Waals surface area (Å²) < 4.78 is 5.69. The molecule has 4 N–H and O–H groups in total. The van der Waals surface area contributed by atoms with Gasteiger partial charge in [-0.1, -0.05) is 30.3 Å². The van der Waals surface area contributed by atoms with Crippen molar-refractivity contribution in [3.63, 3.8) is 0 Å². The van der Waals surface area contributed by atoms with Crippen LogP contribution in [0.3, 0.4) is 0 Å². The van der Waals surface area contributed by atoms with Gasteiger partial charge in [0.1, 0.15) is 11.4 Å². The number of ether oxygens (including phenoxy) is 1. The largest absolute Gasteiger partial charge is 0.484 e. The molecular formula is C27H27N7O2. The SMILES string of the molecule is CC(C)NC(=O)COc1cccc(-c2nc3c(c(Nc4ccc(-c5cn[nH]c5)cc4)n2)NCC=C3)c1. The lowest BCUT2D eigenvalue weighted by molar-refractivity contribution is -0.123. The number of H-pyrrole nitrogens is 1. The first kappa shape index (κ1) is 23.1. The fourth-order valence-corrected chi connectivity index (χ4v) is 3.85. The summed E-state index contributed by atoms with van der Waals surface area (Å²) >= 11 is 0. The number of aromatic amines is 1. The first-order chi connectivity index (χ1) is 17.5. The van der Waals surface area contributed by atoms with Crippen LogP contribution in [0.4, 0.5) is 17.2 Å². The molecular weight excluding hydrogens is 454 g/mol. The minimum Gasteiger partial charge on any atom is -0.484 e. The summed E-state index contributed by atoms with van der Waals surface area (Å²) in [6.45, 7) is 4.47. The molecule has 1 aliphatic heterocycles. The third-order valence-electron chi connectivity index (χ3n) is 5.50. The molecule has 0 radical (unpaired) electrons. The van der Waals surface area contributed by atoms with Gasteiger partial charge in [-0.05, 0) is 49.8 Å². The van der Waals surface area contributed by atoms with Crippen LogP contribution in [-0.4, -0.2) is 45.3 Å². The number of nitrogens with zero attached hydrogens (tertiary/aromatic N) is 3. The van der Waals surface area contributed by atoms with E-state index in [9.17, 15) is 4.79 Å². The number of benzene rings is 2. The Morgan fingerprint density at radius 1 is 1.08 bits per heavy atom. The Morgan fingerprint density at radius 2 is 1.94 bits per heavy atom. The van der Waals surface area contributed by atoms with E-state index >= 15 is 0 Å². The van der Waals surface area contributed by atoms with Crippen molar-refractivity contribution in [3.05, 3.63) is 72.7 Å². The summed E-state index contributed by atoms with van der Waals surface area (Å²) in [5.74, 6) is 1.64. The van der Waals surface area contributed by atoms with E-state index in [1.165, 1.54) is 0 Å². The summed E-state index contributed by atoms with van der Waals surface area (Å²) in [6, 6.07) is 15.6. The zero-order chi connectivity index (χ0) is 24.9. The summed E-state index contributed by atoms with van der Waals surface area (Å²) in [4.78, 5) is 21.6. The Labute approximate surface area is 209 Å². The summed E-state index contributed by atoms with van der Waals surface area (Å²) in [5, 5.41) is 16.5. The van der Waals surface area contributed by atoms with Gasteiger partial charge in [0.25, 0.3) is 5.91 Å². The molecule has 0 saturated carbocycles. The van der Waals surface area contributed by atoms with E-state index in [0.717, 1.165) is 33.8 Å². The average molecular weight is 482 g/mol. The van der Waals surface area contributed by atoms with Crippen molar-refractivity contribution in [3.8, 4) is 28.3 Å². The molecule has 1 amide bonds. The standard InChI is InChI=1S/C27H27N7O2/c1-17(2)31-24(35)16-36-22-6-3-5-19(13-22)26-33-23-7-4-12-28-25(23)27(34-26)32-21-10-8-18(9-11-21)20-14-29-30-15-20/h3-11,13-15,17,28H,12,16H2,1-2H3,(H,29,30)(H,31,35)(H,32,33,34). The van der Waals surface area contributed by atoms with Crippen LogP contribution < -0.4 is 20.7 Å². The Bertz CT molecular complexity index is 1380. The predicted molar refractivity (Wildman–Crippen MR) is 141 cm³/mol. The third-order valence-corrected chi connectivity index (χ3v) is 5.50. The van der Waals surface area contributed by atoms with Crippen LogP contribution in [0.2, 0.25) is 0 Å². The fourth-order valence-electron chi connectivity index (χ4n) is 3.85. The van der Waals surface area contributed by atoms with E-state index in [1.807, 2.05) is 80.7 Å². The third kappa shape index (κ3) is 5.35. The molecule has 36 heavy (non-hydrogen) atoms. The number of carbonyl (C=O) groups excluding carboxylic acids is 1. The highest BCUT2D eigenvalue weighted by Crippen LogP contribution is 2.33. The van der Waals surface area contributed by atoms with Crippen molar-refractivity contribution in [2.24, 2.45) is 0 Å². The molecule has 4 aromatic rings. The molecule has 0 bridgehead atoms. The molecule has 1 aliphatic rings. The van der Waals surface area contributed by atoms with Crippen LogP contribution in [0.1, 0.15) is 19.5 Å². The number of hydrogen-bond donors (Lipinski definition) is 4. The first-order valence-electron chi connectivity index (χ1n) is 11.8. The van der Waals surface area contributed by atoms with E-state index in [2.05, 4.69) is 26.1 Å². The lowest BCUT2D eigenvalue weighted by Gasteiger charge is -2.19. The number of amides is 1. The molecule has 0 fully saturated rings. The van der Waals surface area contributed by atoms with Crippen molar-refractivity contribution in [1.82, 2.24) is 25.5 Å². The van der Waals surface area contributed by atoms with Crippen molar-refractivity contribution in [1.29, 1.82) is 0 Å². The van der Waals surface area contributed by atoms with Crippen molar-refractivity contribution in [2.45, 2.75) is 19.9 Å².